The Morgan fingerprint density at radius 2 is 2.09 bits per heavy atom. The van der Waals surface area contributed by atoms with E-state index in [1.807, 2.05) is 12.1 Å². The van der Waals surface area contributed by atoms with Gasteiger partial charge in [0.05, 0.1) is 18.2 Å². The molecule has 3 aromatic heterocycles. The van der Waals surface area contributed by atoms with Crippen molar-refractivity contribution in [3.8, 4) is 11.1 Å². The molecule has 0 aliphatic carbocycles. The number of pyridine rings is 2. The SMILES string of the molecule is CC1=CC=C[SH]1c1cc2c(-c3cc(N4CCOCC4C(F)(F)F)[nH]c(=O)c3)ccnc2[nH]1. The first kappa shape index (κ1) is 20.9. The average molecular weight is 462 g/mol. The Morgan fingerprint density at radius 1 is 1.25 bits per heavy atom. The summed E-state index contributed by atoms with van der Waals surface area (Å²) < 4.78 is 45.7. The molecule has 0 saturated carbocycles. The molecule has 0 aromatic carbocycles. The lowest BCUT2D eigenvalue weighted by Crippen LogP contribution is -2.54. The predicted octanol–water partition coefficient (Wildman–Crippen LogP) is 4.48. The van der Waals surface area contributed by atoms with Gasteiger partial charge < -0.3 is 19.6 Å². The summed E-state index contributed by atoms with van der Waals surface area (Å²) in [5, 5.41) is 4.01. The Bertz CT molecular complexity index is 1290. The van der Waals surface area contributed by atoms with Gasteiger partial charge in [0.25, 0.3) is 0 Å². The number of aromatic nitrogens is 3. The lowest BCUT2D eigenvalue weighted by atomic mass is 10.0. The van der Waals surface area contributed by atoms with E-state index in [1.54, 1.807) is 18.3 Å². The van der Waals surface area contributed by atoms with Gasteiger partial charge in [0.1, 0.15) is 17.5 Å². The summed E-state index contributed by atoms with van der Waals surface area (Å²) in [6, 6.07) is 4.98. The number of halogens is 3. The standard InChI is InChI=1S/C22H21F3N4O2S/c1-13-3-2-8-32(13)20-11-16-15(4-5-26-21(16)28-20)14-9-18(27-19(30)10-14)29-6-7-31-12-17(29)22(23,24)25/h2-5,8-11,17,32H,6-7,12H2,1H3,(H,26,28)(H,27,30). The Hall–Kier alpha value is -2.98. The summed E-state index contributed by atoms with van der Waals surface area (Å²) in [5.41, 5.74) is 1.49. The number of hydrogen-bond acceptors (Lipinski definition) is 4. The number of fused-ring (bicyclic) bond motifs is 1. The number of anilines is 1. The number of H-pyrrole nitrogens is 2. The van der Waals surface area contributed by atoms with Crippen LogP contribution in [0.1, 0.15) is 6.92 Å². The summed E-state index contributed by atoms with van der Waals surface area (Å²) in [6.45, 7) is 1.80. The molecular weight excluding hydrogens is 441 g/mol. The third-order valence-electron chi connectivity index (χ3n) is 5.69. The number of ether oxygens (including phenoxy) is 1. The van der Waals surface area contributed by atoms with Gasteiger partial charge in [-0.05, 0) is 46.6 Å². The number of aromatic amines is 2. The molecule has 2 aliphatic heterocycles. The zero-order valence-corrected chi connectivity index (χ0v) is 18.0. The monoisotopic (exact) mass is 462 g/mol. The number of morpholine rings is 1. The summed E-state index contributed by atoms with van der Waals surface area (Å²) in [6.07, 6.45) is 1.26. The first-order valence-corrected chi connectivity index (χ1v) is 11.5. The lowest BCUT2D eigenvalue weighted by molar-refractivity contribution is -0.167. The number of rotatable bonds is 3. The van der Waals surface area contributed by atoms with E-state index < -0.39 is 35.3 Å². The number of allylic oxidation sites excluding steroid dienone is 3. The molecule has 3 aromatic rings. The van der Waals surface area contributed by atoms with Gasteiger partial charge in [-0.15, -0.1) is 0 Å². The van der Waals surface area contributed by atoms with Crippen molar-refractivity contribution in [1.29, 1.82) is 0 Å². The number of alkyl halides is 3. The second-order valence-electron chi connectivity index (χ2n) is 7.74. The van der Waals surface area contributed by atoms with E-state index >= 15 is 0 Å². The molecular formula is C22H21F3N4O2S. The zero-order chi connectivity index (χ0) is 22.5. The number of hydrogen-bond donors (Lipinski definition) is 3. The van der Waals surface area contributed by atoms with Crippen molar-refractivity contribution in [3.63, 3.8) is 0 Å². The molecule has 0 radical (unpaired) electrons. The minimum Gasteiger partial charge on any atom is -0.377 e. The summed E-state index contributed by atoms with van der Waals surface area (Å²) >= 11 is 0. The van der Waals surface area contributed by atoms with Crippen molar-refractivity contribution in [2.75, 3.05) is 24.7 Å². The molecule has 2 atom stereocenters. The molecule has 0 spiro atoms. The van der Waals surface area contributed by atoms with Crippen LogP contribution in [0.3, 0.4) is 0 Å². The van der Waals surface area contributed by atoms with Crippen LogP contribution in [-0.2, 0) is 4.74 Å². The van der Waals surface area contributed by atoms with Gasteiger partial charge in [0.15, 0.2) is 0 Å². The second kappa shape index (κ2) is 7.86. The Kier molecular flexibility index (Phi) is 5.13. The van der Waals surface area contributed by atoms with Crippen molar-refractivity contribution in [2.24, 2.45) is 0 Å². The largest absolute Gasteiger partial charge is 0.411 e. The molecule has 2 N–H and O–H groups in total. The van der Waals surface area contributed by atoms with Gasteiger partial charge in [0, 0.05) is 24.2 Å². The Labute approximate surface area is 184 Å². The maximum atomic E-state index is 13.6. The van der Waals surface area contributed by atoms with Crippen LogP contribution in [0, 0.1) is 0 Å². The van der Waals surface area contributed by atoms with Crippen LogP contribution in [0.4, 0.5) is 19.0 Å². The molecule has 2 aliphatic rings. The van der Waals surface area contributed by atoms with Crippen LogP contribution in [0.15, 0.2) is 62.7 Å². The van der Waals surface area contributed by atoms with Gasteiger partial charge in [-0.25, -0.2) is 4.98 Å². The van der Waals surface area contributed by atoms with Gasteiger partial charge in [0.2, 0.25) is 5.56 Å². The van der Waals surface area contributed by atoms with Gasteiger partial charge in [-0.1, -0.05) is 12.2 Å². The average Bonchev–Trinajstić information content (AvgIpc) is 3.38. The first-order chi connectivity index (χ1) is 15.3. The minimum absolute atomic E-state index is 0.0336. The fraction of sp³-hybridized carbons (Fsp3) is 0.273. The highest BCUT2D eigenvalue weighted by molar-refractivity contribution is 8.23. The quantitative estimate of drug-likeness (QED) is 0.502. The maximum absolute atomic E-state index is 13.6. The van der Waals surface area contributed by atoms with E-state index in [1.165, 1.54) is 11.0 Å². The van der Waals surface area contributed by atoms with Crippen molar-refractivity contribution in [1.82, 2.24) is 15.0 Å². The van der Waals surface area contributed by atoms with Crippen molar-refractivity contribution < 1.29 is 17.9 Å². The zero-order valence-electron chi connectivity index (χ0n) is 17.1. The second-order valence-corrected chi connectivity index (χ2v) is 9.96. The van der Waals surface area contributed by atoms with Crippen LogP contribution in [0.5, 0.6) is 0 Å². The summed E-state index contributed by atoms with van der Waals surface area (Å²) in [5.74, 6) is 0.126. The third-order valence-corrected chi connectivity index (χ3v) is 7.83. The lowest BCUT2D eigenvalue weighted by Gasteiger charge is -2.37. The van der Waals surface area contributed by atoms with Crippen LogP contribution in [0.25, 0.3) is 22.2 Å². The molecule has 5 heterocycles. The van der Waals surface area contributed by atoms with Crippen molar-refractivity contribution in [3.05, 3.63) is 63.3 Å². The Morgan fingerprint density at radius 3 is 2.84 bits per heavy atom. The smallest absolute Gasteiger partial charge is 0.377 e. The number of nitrogens with one attached hydrogen (secondary N) is 2. The molecule has 5 rings (SSSR count). The van der Waals surface area contributed by atoms with Crippen LogP contribution in [-0.4, -0.2) is 46.9 Å². The highest BCUT2D eigenvalue weighted by atomic mass is 32.2. The fourth-order valence-electron chi connectivity index (χ4n) is 4.13. The molecule has 0 amide bonds. The van der Waals surface area contributed by atoms with Crippen LogP contribution < -0.4 is 10.5 Å². The molecule has 10 heteroatoms. The van der Waals surface area contributed by atoms with Gasteiger partial charge in [-0.3, -0.25) is 4.79 Å². The van der Waals surface area contributed by atoms with E-state index in [9.17, 15) is 18.0 Å². The topological polar surface area (TPSA) is 74.0 Å². The number of nitrogens with zero attached hydrogens (tertiary/aromatic N) is 2. The predicted molar refractivity (Wildman–Crippen MR) is 120 cm³/mol. The molecule has 32 heavy (non-hydrogen) atoms. The highest BCUT2D eigenvalue weighted by Crippen LogP contribution is 2.48. The molecule has 0 bridgehead atoms. The van der Waals surface area contributed by atoms with E-state index in [0.717, 1.165) is 20.9 Å². The summed E-state index contributed by atoms with van der Waals surface area (Å²) in [4.78, 5) is 25.2. The summed E-state index contributed by atoms with van der Waals surface area (Å²) in [7, 11) is -0.601. The maximum Gasteiger partial charge on any atom is 0.411 e. The van der Waals surface area contributed by atoms with Crippen LogP contribution in [0.2, 0.25) is 0 Å². The van der Waals surface area contributed by atoms with Crippen molar-refractivity contribution >= 4 is 27.7 Å². The Balaban J connectivity index is 1.59. The first-order valence-electron chi connectivity index (χ1n) is 10.1. The molecule has 6 nitrogen and oxygen atoms in total. The third kappa shape index (κ3) is 3.73. The van der Waals surface area contributed by atoms with E-state index in [0.29, 0.717) is 11.2 Å². The highest BCUT2D eigenvalue weighted by Gasteiger charge is 2.45. The van der Waals surface area contributed by atoms with Gasteiger partial charge in [-0.2, -0.15) is 24.1 Å². The van der Waals surface area contributed by atoms with E-state index in [-0.39, 0.29) is 19.0 Å². The minimum atomic E-state index is -4.48. The van der Waals surface area contributed by atoms with Gasteiger partial charge >= 0.3 is 6.18 Å². The normalized spacial score (nSPS) is 22.5. The van der Waals surface area contributed by atoms with E-state index in [4.69, 9.17) is 4.74 Å². The molecule has 1 fully saturated rings. The molecule has 1 saturated heterocycles. The molecule has 168 valence electrons. The van der Waals surface area contributed by atoms with E-state index in [2.05, 4.69) is 33.4 Å². The van der Waals surface area contributed by atoms with Crippen LogP contribution >= 0.6 is 10.9 Å². The fourth-order valence-corrected chi connectivity index (χ4v) is 5.91. The number of thiol groups is 1. The van der Waals surface area contributed by atoms with Crippen molar-refractivity contribution in [2.45, 2.75) is 24.2 Å². The molecule has 2 unspecified atom stereocenters.